The molecule has 3 rings (SSSR count). The van der Waals surface area contributed by atoms with E-state index in [0.717, 1.165) is 5.69 Å². The zero-order chi connectivity index (χ0) is 20.3. The van der Waals surface area contributed by atoms with Gasteiger partial charge in [0.15, 0.2) is 5.76 Å². The van der Waals surface area contributed by atoms with E-state index in [2.05, 4.69) is 14.8 Å². The van der Waals surface area contributed by atoms with E-state index in [0.29, 0.717) is 26.2 Å². The number of rotatable bonds is 6. The monoisotopic (exact) mass is 410 g/mol. The number of halogens is 1. The Morgan fingerprint density at radius 3 is 2.39 bits per heavy atom. The second kappa shape index (κ2) is 8.27. The van der Waals surface area contributed by atoms with Gasteiger partial charge in [-0.2, -0.15) is 0 Å². The Morgan fingerprint density at radius 1 is 1.18 bits per heavy atom. The Bertz CT molecular complexity index is 915. The first-order valence-electron chi connectivity index (χ1n) is 8.99. The van der Waals surface area contributed by atoms with Crippen LogP contribution in [0.25, 0.3) is 0 Å². The molecule has 1 fully saturated rings. The lowest BCUT2D eigenvalue weighted by molar-refractivity contribution is -0.131. The highest BCUT2D eigenvalue weighted by Gasteiger charge is 2.25. The van der Waals surface area contributed by atoms with E-state index >= 15 is 0 Å². The van der Waals surface area contributed by atoms with Crippen molar-refractivity contribution in [2.75, 3.05) is 37.6 Å². The van der Waals surface area contributed by atoms with E-state index in [1.807, 2.05) is 0 Å². The van der Waals surface area contributed by atoms with Crippen molar-refractivity contribution in [2.24, 2.45) is 0 Å². The average Bonchev–Trinajstić information content (AvgIpc) is 3.01. The topological polar surface area (TPSA) is 95.8 Å². The molecule has 1 aliphatic heterocycles. The molecule has 2 heterocycles. The largest absolute Gasteiger partial charge is 0.368 e. The SMILES string of the molecule is Cc1noc(C)c1S(=O)(=O)NCCC(=O)N1CCN(c2ccc(F)cc2)CC1. The standard InChI is InChI=1S/C18H23FN4O4S/c1-13-18(14(2)27-21-13)28(25,26)20-8-7-17(24)23-11-9-22(10-12-23)16-5-3-15(19)4-6-16/h3-6,20H,7-12H2,1-2H3. The van der Waals surface area contributed by atoms with Crippen molar-refractivity contribution in [1.29, 1.82) is 0 Å². The maximum atomic E-state index is 13.0. The number of nitrogens with zero attached hydrogens (tertiary/aromatic N) is 3. The molecule has 10 heteroatoms. The predicted octanol–water partition coefficient (Wildman–Crippen LogP) is 1.45. The van der Waals surface area contributed by atoms with E-state index in [4.69, 9.17) is 4.52 Å². The zero-order valence-electron chi connectivity index (χ0n) is 15.8. The Balaban J connectivity index is 1.48. The van der Waals surface area contributed by atoms with E-state index in [1.54, 1.807) is 24.0 Å². The van der Waals surface area contributed by atoms with Gasteiger partial charge in [0, 0.05) is 44.8 Å². The molecule has 1 amide bonds. The first-order chi connectivity index (χ1) is 13.3. The lowest BCUT2D eigenvalue weighted by Gasteiger charge is -2.36. The summed E-state index contributed by atoms with van der Waals surface area (Å²) in [4.78, 5) is 16.2. The van der Waals surface area contributed by atoms with E-state index in [1.165, 1.54) is 19.1 Å². The summed E-state index contributed by atoms with van der Waals surface area (Å²) in [6.07, 6.45) is 0.0686. The molecule has 0 bridgehead atoms. The van der Waals surface area contributed by atoms with Crippen LogP contribution in [0.2, 0.25) is 0 Å². The van der Waals surface area contributed by atoms with Gasteiger partial charge in [-0.15, -0.1) is 0 Å². The molecule has 2 aromatic rings. The molecule has 1 saturated heterocycles. The minimum atomic E-state index is -3.77. The number of amides is 1. The maximum absolute atomic E-state index is 13.0. The van der Waals surface area contributed by atoms with Crippen LogP contribution in [0.3, 0.4) is 0 Å². The number of aryl methyl sites for hydroxylation is 2. The minimum absolute atomic E-state index is 0.00338. The van der Waals surface area contributed by atoms with Crippen molar-refractivity contribution in [3.8, 4) is 0 Å². The van der Waals surface area contributed by atoms with Crippen LogP contribution >= 0.6 is 0 Å². The number of hydrogen-bond acceptors (Lipinski definition) is 6. The fraction of sp³-hybridized carbons (Fsp3) is 0.444. The van der Waals surface area contributed by atoms with Crippen LogP contribution in [-0.2, 0) is 14.8 Å². The molecule has 1 aliphatic rings. The van der Waals surface area contributed by atoms with Gasteiger partial charge >= 0.3 is 0 Å². The van der Waals surface area contributed by atoms with Crippen LogP contribution in [0.5, 0.6) is 0 Å². The van der Waals surface area contributed by atoms with Crippen molar-refractivity contribution in [3.05, 3.63) is 41.5 Å². The normalized spacial score (nSPS) is 15.1. The molecule has 0 radical (unpaired) electrons. The van der Waals surface area contributed by atoms with Gasteiger partial charge in [-0.05, 0) is 38.1 Å². The van der Waals surface area contributed by atoms with Crippen LogP contribution in [0, 0.1) is 19.7 Å². The van der Waals surface area contributed by atoms with E-state index in [-0.39, 0.29) is 41.0 Å². The van der Waals surface area contributed by atoms with Crippen LogP contribution in [0.1, 0.15) is 17.9 Å². The number of aromatic nitrogens is 1. The van der Waals surface area contributed by atoms with Crippen LogP contribution in [0.15, 0.2) is 33.7 Å². The Morgan fingerprint density at radius 2 is 1.82 bits per heavy atom. The van der Waals surface area contributed by atoms with Crippen molar-refractivity contribution < 1.29 is 22.1 Å². The number of sulfonamides is 1. The summed E-state index contributed by atoms with van der Waals surface area (Å²) in [6.45, 7) is 5.44. The first-order valence-corrected chi connectivity index (χ1v) is 10.5. The van der Waals surface area contributed by atoms with Crippen LogP contribution in [-0.4, -0.2) is 57.1 Å². The van der Waals surface area contributed by atoms with Crippen molar-refractivity contribution in [2.45, 2.75) is 25.2 Å². The number of anilines is 1. The summed E-state index contributed by atoms with van der Waals surface area (Å²) >= 11 is 0. The van der Waals surface area contributed by atoms with Gasteiger partial charge in [0.2, 0.25) is 15.9 Å². The molecule has 0 aliphatic carbocycles. The summed E-state index contributed by atoms with van der Waals surface area (Å²) in [6, 6.07) is 6.27. The van der Waals surface area contributed by atoms with E-state index < -0.39 is 10.0 Å². The second-order valence-electron chi connectivity index (χ2n) is 6.65. The third-order valence-electron chi connectivity index (χ3n) is 4.69. The predicted molar refractivity (Wildman–Crippen MR) is 101 cm³/mol. The molecule has 0 saturated carbocycles. The smallest absolute Gasteiger partial charge is 0.245 e. The number of carbonyl (C=O) groups excluding carboxylic acids is 1. The fourth-order valence-corrected chi connectivity index (χ4v) is 4.60. The van der Waals surface area contributed by atoms with Crippen molar-refractivity contribution in [1.82, 2.24) is 14.8 Å². The average molecular weight is 410 g/mol. The van der Waals surface area contributed by atoms with Gasteiger partial charge in [0.05, 0.1) is 0 Å². The number of hydrogen-bond donors (Lipinski definition) is 1. The lowest BCUT2D eigenvalue weighted by Crippen LogP contribution is -2.49. The molecule has 1 aromatic carbocycles. The summed E-state index contributed by atoms with van der Waals surface area (Å²) in [5.41, 5.74) is 1.20. The molecule has 0 atom stereocenters. The third-order valence-corrected chi connectivity index (χ3v) is 6.40. The molecule has 1 N–H and O–H groups in total. The van der Waals surface area contributed by atoms with Gasteiger partial charge in [-0.1, -0.05) is 5.16 Å². The van der Waals surface area contributed by atoms with Gasteiger partial charge in [-0.25, -0.2) is 17.5 Å². The second-order valence-corrected chi connectivity index (χ2v) is 8.35. The van der Waals surface area contributed by atoms with Crippen molar-refractivity contribution in [3.63, 3.8) is 0 Å². The first kappa shape index (κ1) is 20.3. The Kier molecular flexibility index (Phi) is 5.99. The van der Waals surface area contributed by atoms with Crippen molar-refractivity contribution >= 4 is 21.6 Å². The third kappa shape index (κ3) is 4.50. The molecule has 28 heavy (non-hydrogen) atoms. The van der Waals surface area contributed by atoms with Gasteiger partial charge in [0.25, 0.3) is 0 Å². The van der Waals surface area contributed by atoms with Gasteiger partial charge in [0.1, 0.15) is 16.4 Å². The molecule has 0 spiro atoms. The zero-order valence-corrected chi connectivity index (χ0v) is 16.6. The minimum Gasteiger partial charge on any atom is -0.368 e. The quantitative estimate of drug-likeness (QED) is 0.774. The molecular weight excluding hydrogens is 387 g/mol. The highest BCUT2D eigenvalue weighted by Crippen LogP contribution is 2.19. The van der Waals surface area contributed by atoms with Gasteiger partial charge in [-0.3, -0.25) is 4.79 Å². The molecule has 152 valence electrons. The molecule has 8 nitrogen and oxygen atoms in total. The number of benzene rings is 1. The van der Waals surface area contributed by atoms with Crippen LogP contribution < -0.4 is 9.62 Å². The molecule has 1 aromatic heterocycles. The molecule has 0 unspecified atom stereocenters. The highest BCUT2D eigenvalue weighted by atomic mass is 32.2. The Hall–Kier alpha value is -2.46. The number of piperazine rings is 1. The van der Waals surface area contributed by atoms with Gasteiger partial charge < -0.3 is 14.3 Å². The maximum Gasteiger partial charge on any atom is 0.245 e. The fourth-order valence-electron chi connectivity index (χ4n) is 3.25. The number of nitrogens with one attached hydrogen (secondary N) is 1. The summed E-state index contributed by atoms with van der Waals surface area (Å²) in [5, 5.41) is 3.64. The summed E-state index contributed by atoms with van der Waals surface area (Å²) in [7, 11) is -3.77. The Labute approximate surface area is 163 Å². The number of carbonyl (C=O) groups is 1. The highest BCUT2D eigenvalue weighted by molar-refractivity contribution is 7.89. The lowest BCUT2D eigenvalue weighted by atomic mass is 10.2. The van der Waals surface area contributed by atoms with E-state index in [9.17, 15) is 17.6 Å². The molecular formula is C18H23FN4O4S. The van der Waals surface area contributed by atoms with Crippen LogP contribution in [0.4, 0.5) is 10.1 Å². The summed E-state index contributed by atoms with van der Waals surface area (Å²) in [5.74, 6) is -0.176. The summed E-state index contributed by atoms with van der Waals surface area (Å²) < 4.78 is 45.0.